The van der Waals surface area contributed by atoms with Crippen molar-refractivity contribution >= 4 is 27.8 Å². The van der Waals surface area contributed by atoms with Gasteiger partial charge in [-0.2, -0.15) is 0 Å². The van der Waals surface area contributed by atoms with E-state index in [1.807, 2.05) is 47.4 Å². The van der Waals surface area contributed by atoms with Crippen LogP contribution in [-0.4, -0.2) is 25.4 Å². The Kier molecular flexibility index (Phi) is 5.55. The van der Waals surface area contributed by atoms with Crippen LogP contribution in [0, 0.1) is 0 Å². The molecule has 32 heavy (non-hydrogen) atoms. The first-order valence-corrected chi connectivity index (χ1v) is 11.2. The molecule has 0 fully saturated rings. The standard InChI is InChI=1S/C27H26N4O/c1-2-3-4-8-26(32)31-14-11-23-20(6-5-7-25(23)31)15-22-18-30-27-24(22)16-21(17-29-27)19-9-12-28-13-10-19/h5-7,9-14,16-18H,2-4,8,15H2,1H3,(H,29,30). The van der Waals surface area contributed by atoms with Crippen LogP contribution in [-0.2, 0) is 6.42 Å². The minimum atomic E-state index is 0.170. The van der Waals surface area contributed by atoms with Crippen molar-refractivity contribution in [2.75, 3.05) is 0 Å². The molecule has 1 N–H and O–H groups in total. The van der Waals surface area contributed by atoms with Crippen molar-refractivity contribution in [3.05, 3.63) is 84.6 Å². The Morgan fingerprint density at radius 1 is 1.00 bits per heavy atom. The fourth-order valence-electron chi connectivity index (χ4n) is 4.36. The van der Waals surface area contributed by atoms with Gasteiger partial charge in [0.2, 0.25) is 5.91 Å². The Balaban J connectivity index is 1.47. The molecule has 160 valence electrons. The highest BCUT2D eigenvalue weighted by Crippen LogP contribution is 2.28. The zero-order valence-corrected chi connectivity index (χ0v) is 18.2. The Bertz CT molecular complexity index is 1380. The average molecular weight is 423 g/mol. The maximum absolute atomic E-state index is 12.7. The molecule has 0 saturated carbocycles. The summed E-state index contributed by atoms with van der Waals surface area (Å²) in [6.07, 6.45) is 14.0. The Labute approximate surface area is 187 Å². The Morgan fingerprint density at radius 2 is 1.88 bits per heavy atom. The molecule has 5 rings (SSSR count). The van der Waals surface area contributed by atoms with E-state index in [4.69, 9.17) is 0 Å². The first-order chi connectivity index (χ1) is 15.7. The molecule has 0 aliphatic carbocycles. The van der Waals surface area contributed by atoms with Gasteiger partial charge < -0.3 is 4.98 Å². The minimum Gasteiger partial charge on any atom is -0.346 e. The minimum absolute atomic E-state index is 0.170. The Hall–Kier alpha value is -3.73. The highest BCUT2D eigenvalue weighted by atomic mass is 16.2. The number of fused-ring (bicyclic) bond motifs is 2. The number of hydrogen-bond donors (Lipinski definition) is 1. The molecule has 0 aliphatic heterocycles. The number of carbonyl (C=O) groups excluding carboxylic acids is 1. The van der Waals surface area contributed by atoms with E-state index in [1.54, 1.807) is 12.4 Å². The van der Waals surface area contributed by atoms with Gasteiger partial charge in [-0.25, -0.2) is 4.98 Å². The number of unbranched alkanes of at least 4 members (excludes halogenated alkanes) is 2. The number of hydrogen-bond acceptors (Lipinski definition) is 3. The number of pyridine rings is 2. The van der Waals surface area contributed by atoms with Crippen LogP contribution >= 0.6 is 0 Å². The van der Waals surface area contributed by atoms with E-state index in [-0.39, 0.29) is 5.91 Å². The van der Waals surface area contributed by atoms with E-state index < -0.39 is 0 Å². The second-order valence-corrected chi connectivity index (χ2v) is 8.23. The van der Waals surface area contributed by atoms with Gasteiger partial charge in [0.05, 0.1) is 5.52 Å². The van der Waals surface area contributed by atoms with Gasteiger partial charge in [0.15, 0.2) is 0 Å². The highest BCUT2D eigenvalue weighted by Gasteiger charge is 2.13. The quantitative estimate of drug-likeness (QED) is 0.309. The fraction of sp³-hybridized carbons (Fsp3) is 0.222. The lowest BCUT2D eigenvalue weighted by Gasteiger charge is -2.07. The Morgan fingerprint density at radius 3 is 2.72 bits per heavy atom. The van der Waals surface area contributed by atoms with Gasteiger partial charge in [0, 0.05) is 60.2 Å². The third kappa shape index (κ3) is 3.82. The molecular formula is C27H26N4O. The predicted molar refractivity (Wildman–Crippen MR) is 129 cm³/mol. The molecule has 0 unspecified atom stereocenters. The number of H-pyrrole nitrogens is 1. The summed E-state index contributed by atoms with van der Waals surface area (Å²) in [5.74, 6) is 0.170. The van der Waals surface area contributed by atoms with Crippen LogP contribution in [0.4, 0.5) is 0 Å². The van der Waals surface area contributed by atoms with Crippen molar-refractivity contribution in [1.82, 2.24) is 19.5 Å². The van der Waals surface area contributed by atoms with Gasteiger partial charge in [0.1, 0.15) is 5.65 Å². The van der Waals surface area contributed by atoms with Gasteiger partial charge in [-0.15, -0.1) is 0 Å². The van der Waals surface area contributed by atoms with Crippen molar-refractivity contribution in [3.8, 4) is 11.1 Å². The molecule has 5 nitrogen and oxygen atoms in total. The zero-order chi connectivity index (χ0) is 21.9. The van der Waals surface area contributed by atoms with Crippen LogP contribution in [0.5, 0.6) is 0 Å². The molecule has 4 aromatic heterocycles. The molecule has 5 heteroatoms. The molecule has 0 amide bonds. The first kappa shape index (κ1) is 20.2. The van der Waals surface area contributed by atoms with E-state index in [1.165, 1.54) is 11.1 Å². The monoisotopic (exact) mass is 422 g/mol. The second kappa shape index (κ2) is 8.79. The molecule has 0 spiro atoms. The van der Waals surface area contributed by atoms with Gasteiger partial charge in [0.25, 0.3) is 0 Å². The molecule has 0 saturated heterocycles. The van der Waals surface area contributed by atoms with Crippen LogP contribution in [0.3, 0.4) is 0 Å². The zero-order valence-electron chi connectivity index (χ0n) is 18.2. The van der Waals surface area contributed by atoms with E-state index >= 15 is 0 Å². The lowest BCUT2D eigenvalue weighted by molar-refractivity contribution is 0.0904. The highest BCUT2D eigenvalue weighted by molar-refractivity contribution is 5.94. The van der Waals surface area contributed by atoms with Crippen LogP contribution < -0.4 is 0 Å². The maximum Gasteiger partial charge on any atom is 0.231 e. The number of nitrogens with one attached hydrogen (secondary N) is 1. The topological polar surface area (TPSA) is 63.6 Å². The maximum atomic E-state index is 12.7. The third-order valence-electron chi connectivity index (χ3n) is 6.10. The number of aromatic amines is 1. The van der Waals surface area contributed by atoms with Crippen molar-refractivity contribution in [2.24, 2.45) is 0 Å². The number of aromatic nitrogens is 4. The van der Waals surface area contributed by atoms with Crippen LogP contribution in [0.15, 0.2) is 73.4 Å². The molecule has 0 radical (unpaired) electrons. The summed E-state index contributed by atoms with van der Waals surface area (Å²) < 4.78 is 1.81. The molecule has 1 aromatic carbocycles. The molecule has 4 heterocycles. The molecular weight excluding hydrogens is 396 g/mol. The smallest absolute Gasteiger partial charge is 0.231 e. The summed E-state index contributed by atoms with van der Waals surface area (Å²) in [7, 11) is 0. The average Bonchev–Trinajstić information content (AvgIpc) is 3.44. The number of benzene rings is 1. The van der Waals surface area contributed by atoms with Gasteiger partial charge in [-0.05, 0) is 53.4 Å². The number of carbonyl (C=O) groups is 1. The summed E-state index contributed by atoms with van der Waals surface area (Å²) in [5.41, 5.74) is 6.44. The summed E-state index contributed by atoms with van der Waals surface area (Å²) in [4.78, 5) is 24.7. The molecule has 0 atom stereocenters. The molecule has 5 aromatic rings. The molecule has 0 aliphatic rings. The summed E-state index contributed by atoms with van der Waals surface area (Å²) in [6.45, 7) is 2.15. The van der Waals surface area contributed by atoms with Crippen molar-refractivity contribution < 1.29 is 4.79 Å². The summed E-state index contributed by atoms with van der Waals surface area (Å²) in [5, 5.41) is 2.25. The summed E-state index contributed by atoms with van der Waals surface area (Å²) >= 11 is 0. The van der Waals surface area contributed by atoms with Crippen molar-refractivity contribution in [1.29, 1.82) is 0 Å². The molecule has 0 bridgehead atoms. The van der Waals surface area contributed by atoms with Crippen molar-refractivity contribution in [2.45, 2.75) is 39.0 Å². The lowest BCUT2D eigenvalue weighted by Crippen LogP contribution is -2.08. The van der Waals surface area contributed by atoms with Gasteiger partial charge in [-0.3, -0.25) is 14.3 Å². The number of nitrogens with zero attached hydrogens (tertiary/aromatic N) is 3. The van der Waals surface area contributed by atoms with E-state index in [2.05, 4.69) is 40.1 Å². The second-order valence-electron chi connectivity index (χ2n) is 8.23. The van der Waals surface area contributed by atoms with Gasteiger partial charge >= 0.3 is 0 Å². The van der Waals surface area contributed by atoms with Crippen LogP contribution in [0.25, 0.3) is 33.1 Å². The largest absolute Gasteiger partial charge is 0.346 e. The fourth-order valence-corrected chi connectivity index (χ4v) is 4.36. The van der Waals surface area contributed by atoms with Gasteiger partial charge in [-0.1, -0.05) is 31.9 Å². The first-order valence-electron chi connectivity index (χ1n) is 11.2. The summed E-state index contributed by atoms with van der Waals surface area (Å²) in [6, 6.07) is 14.5. The SMILES string of the molecule is CCCCCC(=O)n1ccc2c(Cc3c[nH]c4ncc(-c5ccncc5)cc34)cccc21. The van der Waals surface area contributed by atoms with Crippen molar-refractivity contribution in [3.63, 3.8) is 0 Å². The number of rotatable bonds is 7. The van der Waals surface area contributed by atoms with E-state index in [9.17, 15) is 4.79 Å². The van der Waals surface area contributed by atoms with Crippen LogP contribution in [0.1, 0.15) is 48.5 Å². The van der Waals surface area contributed by atoms with Crippen LogP contribution in [0.2, 0.25) is 0 Å². The van der Waals surface area contributed by atoms with E-state index in [0.29, 0.717) is 6.42 Å². The van der Waals surface area contributed by atoms with E-state index in [0.717, 1.165) is 58.7 Å². The lowest BCUT2D eigenvalue weighted by atomic mass is 10.0. The predicted octanol–water partition coefficient (Wildman–Crippen LogP) is 6.39. The third-order valence-corrected chi connectivity index (χ3v) is 6.10. The normalized spacial score (nSPS) is 11.4.